The van der Waals surface area contributed by atoms with Gasteiger partial charge in [0.15, 0.2) is 5.17 Å². The van der Waals surface area contributed by atoms with Crippen molar-refractivity contribution in [3.63, 3.8) is 0 Å². The molecule has 114 valence electrons. The Kier molecular flexibility index (Phi) is 4.60. The highest BCUT2D eigenvalue weighted by Gasteiger charge is 2.13. The topological polar surface area (TPSA) is 84.1 Å². The Morgan fingerprint density at radius 2 is 2.36 bits per heavy atom. The molecule has 0 aliphatic rings. The van der Waals surface area contributed by atoms with Crippen LogP contribution in [0.4, 0.5) is 0 Å². The lowest BCUT2D eigenvalue weighted by atomic mass is 10.2. The molecular weight excluding hydrogens is 336 g/mol. The molecule has 0 aromatic carbocycles. The molecule has 5 nitrogen and oxygen atoms in total. The summed E-state index contributed by atoms with van der Waals surface area (Å²) in [6.07, 6.45) is 0. The van der Waals surface area contributed by atoms with Gasteiger partial charge in [-0.3, -0.25) is 9.79 Å². The third-order valence-electron chi connectivity index (χ3n) is 2.95. The number of aliphatic imine (C=N–C) groups is 1. The standard InChI is InChI=1S/C14H14N4OS3/c1-2-16-14(15)22-7-10-17-12(19)11-8(6-21-13(11)18-10)9-4-3-5-20-9/h3-6H,2,7H2,1H3,(H2,15,16)(H,17,18,19). The Labute approximate surface area is 139 Å². The lowest BCUT2D eigenvalue weighted by Crippen LogP contribution is -2.13. The zero-order valence-corrected chi connectivity index (χ0v) is 14.3. The van der Waals surface area contributed by atoms with E-state index >= 15 is 0 Å². The van der Waals surface area contributed by atoms with E-state index in [4.69, 9.17) is 5.73 Å². The average Bonchev–Trinajstić information content (AvgIpc) is 3.14. The molecule has 3 aromatic heterocycles. The summed E-state index contributed by atoms with van der Waals surface area (Å²) in [6, 6.07) is 3.99. The molecule has 3 N–H and O–H groups in total. The zero-order valence-electron chi connectivity index (χ0n) is 11.8. The third kappa shape index (κ3) is 3.08. The zero-order chi connectivity index (χ0) is 15.5. The Hall–Kier alpha value is -1.64. The van der Waals surface area contributed by atoms with E-state index in [0.717, 1.165) is 15.3 Å². The summed E-state index contributed by atoms with van der Waals surface area (Å²) in [5.74, 6) is 1.13. The number of thiophene rings is 2. The molecule has 8 heteroatoms. The van der Waals surface area contributed by atoms with Crippen LogP contribution >= 0.6 is 34.4 Å². The fourth-order valence-corrected chi connectivity index (χ4v) is 4.44. The van der Waals surface area contributed by atoms with Crippen molar-refractivity contribution in [2.24, 2.45) is 10.7 Å². The first-order valence-corrected chi connectivity index (χ1v) is 9.40. The van der Waals surface area contributed by atoms with Gasteiger partial charge in [0.05, 0.1) is 11.1 Å². The van der Waals surface area contributed by atoms with Crippen LogP contribution in [0.3, 0.4) is 0 Å². The van der Waals surface area contributed by atoms with Crippen LogP contribution in [-0.4, -0.2) is 21.7 Å². The molecule has 0 fully saturated rings. The normalized spacial score (nSPS) is 12.1. The van der Waals surface area contributed by atoms with Crippen LogP contribution in [0.5, 0.6) is 0 Å². The molecule has 0 aliphatic heterocycles. The molecule has 0 aliphatic carbocycles. The Morgan fingerprint density at radius 3 is 3.09 bits per heavy atom. The third-order valence-corrected chi connectivity index (χ3v) is 5.57. The van der Waals surface area contributed by atoms with Gasteiger partial charge in [-0.05, 0) is 18.4 Å². The average molecular weight is 350 g/mol. The number of nitrogens with zero attached hydrogens (tertiary/aromatic N) is 2. The highest BCUT2D eigenvalue weighted by Crippen LogP contribution is 2.33. The SMILES string of the molecule is CCN=C(N)SCc1nc2scc(-c3cccs3)c2c(=O)[nH]1. The smallest absolute Gasteiger partial charge is 0.260 e. The minimum atomic E-state index is -0.101. The number of nitrogens with two attached hydrogens (primary N) is 1. The maximum Gasteiger partial charge on any atom is 0.260 e. The lowest BCUT2D eigenvalue weighted by molar-refractivity contribution is 1.05. The van der Waals surface area contributed by atoms with Gasteiger partial charge in [-0.15, -0.1) is 22.7 Å². The number of fused-ring (bicyclic) bond motifs is 1. The van der Waals surface area contributed by atoms with E-state index in [9.17, 15) is 4.79 Å². The molecule has 3 aromatic rings. The van der Waals surface area contributed by atoms with Gasteiger partial charge in [0.25, 0.3) is 5.56 Å². The maximum absolute atomic E-state index is 12.4. The van der Waals surface area contributed by atoms with E-state index in [2.05, 4.69) is 15.0 Å². The predicted molar refractivity (Wildman–Crippen MR) is 97.0 cm³/mol. The van der Waals surface area contributed by atoms with Crippen molar-refractivity contribution < 1.29 is 0 Å². The van der Waals surface area contributed by atoms with Crippen LogP contribution in [0.15, 0.2) is 32.7 Å². The summed E-state index contributed by atoms with van der Waals surface area (Å²) in [5.41, 5.74) is 6.60. The fourth-order valence-electron chi connectivity index (χ4n) is 2.02. The number of amidine groups is 1. The predicted octanol–water partition coefficient (Wildman–Crippen LogP) is 3.28. The summed E-state index contributed by atoms with van der Waals surface area (Å²) < 4.78 is 0. The quantitative estimate of drug-likeness (QED) is 0.559. The molecule has 0 bridgehead atoms. The molecule has 0 saturated heterocycles. The van der Waals surface area contributed by atoms with Crippen LogP contribution < -0.4 is 11.3 Å². The molecule has 0 amide bonds. The van der Waals surface area contributed by atoms with Crippen molar-refractivity contribution in [2.75, 3.05) is 6.54 Å². The van der Waals surface area contributed by atoms with Crippen LogP contribution in [0, 0.1) is 0 Å². The number of rotatable bonds is 4. The molecule has 0 spiro atoms. The summed E-state index contributed by atoms with van der Waals surface area (Å²) in [6.45, 7) is 2.58. The van der Waals surface area contributed by atoms with Crippen molar-refractivity contribution in [1.29, 1.82) is 0 Å². The highest BCUT2D eigenvalue weighted by molar-refractivity contribution is 8.13. The Balaban J connectivity index is 1.94. The van der Waals surface area contributed by atoms with Gasteiger partial charge in [0.2, 0.25) is 0 Å². The van der Waals surface area contributed by atoms with Crippen molar-refractivity contribution in [2.45, 2.75) is 12.7 Å². The number of hydrogen-bond donors (Lipinski definition) is 2. The fraction of sp³-hybridized carbons (Fsp3) is 0.214. The molecule has 0 saturated carbocycles. The van der Waals surface area contributed by atoms with Gasteiger partial charge < -0.3 is 10.7 Å². The minimum Gasteiger partial charge on any atom is -0.379 e. The maximum atomic E-state index is 12.4. The van der Waals surface area contributed by atoms with Crippen LogP contribution in [-0.2, 0) is 5.75 Å². The van der Waals surface area contributed by atoms with Crippen LogP contribution in [0.2, 0.25) is 0 Å². The Morgan fingerprint density at radius 1 is 1.50 bits per heavy atom. The second-order valence-electron chi connectivity index (χ2n) is 4.42. The van der Waals surface area contributed by atoms with Crippen molar-refractivity contribution >= 4 is 49.8 Å². The van der Waals surface area contributed by atoms with Gasteiger partial charge in [0, 0.05) is 22.4 Å². The molecule has 3 rings (SSSR count). The lowest BCUT2D eigenvalue weighted by Gasteiger charge is -2.01. The number of thioether (sulfide) groups is 1. The van der Waals surface area contributed by atoms with E-state index in [0.29, 0.717) is 28.7 Å². The van der Waals surface area contributed by atoms with Crippen molar-refractivity contribution in [1.82, 2.24) is 9.97 Å². The number of hydrogen-bond acceptors (Lipinski definition) is 6. The van der Waals surface area contributed by atoms with Gasteiger partial charge in [0.1, 0.15) is 10.7 Å². The first-order valence-electron chi connectivity index (χ1n) is 6.66. The highest BCUT2D eigenvalue weighted by atomic mass is 32.2. The number of nitrogens with one attached hydrogen (secondary N) is 1. The molecular formula is C14H14N4OS3. The van der Waals surface area contributed by atoms with Gasteiger partial charge in [-0.2, -0.15) is 0 Å². The van der Waals surface area contributed by atoms with Gasteiger partial charge in [-0.25, -0.2) is 4.98 Å². The molecule has 0 unspecified atom stereocenters. The second-order valence-corrected chi connectivity index (χ2v) is 7.22. The molecule has 3 heterocycles. The monoisotopic (exact) mass is 350 g/mol. The molecule has 0 radical (unpaired) electrons. The largest absolute Gasteiger partial charge is 0.379 e. The summed E-state index contributed by atoms with van der Waals surface area (Å²) >= 11 is 4.49. The minimum absolute atomic E-state index is 0.101. The summed E-state index contributed by atoms with van der Waals surface area (Å²) in [4.78, 5) is 25.7. The first-order chi connectivity index (χ1) is 10.7. The summed E-state index contributed by atoms with van der Waals surface area (Å²) in [7, 11) is 0. The first kappa shape index (κ1) is 15.3. The molecule has 22 heavy (non-hydrogen) atoms. The second kappa shape index (κ2) is 6.64. The van der Waals surface area contributed by atoms with E-state index in [-0.39, 0.29) is 5.56 Å². The van der Waals surface area contributed by atoms with E-state index < -0.39 is 0 Å². The van der Waals surface area contributed by atoms with Crippen LogP contribution in [0.25, 0.3) is 20.7 Å². The Bertz CT molecular complexity index is 864. The van der Waals surface area contributed by atoms with Crippen molar-refractivity contribution in [3.8, 4) is 10.4 Å². The molecule has 0 atom stereocenters. The number of H-pyrrole nitrogens is 1. The number of aromatic amines is 1. The van der Waals surface area contributed by atoms with E-state index in [1.54, 1.807) is 11.3 Å². The number of aromatic nitrogens is 2. The van der Waals surface area contributed by atoms with Crippen LogP contribution in [0.1, 0.15) is 12.7 Å². The van der Waals surface area contributed by atoms with E-state index in [1.807, 2.05) is 29.8 Å². The van der Waals surface area contributed by atoms with Gasteiger partial charge >= 0.3 is 0 Å². The van der Waals surface area contributed by atoms with Gasteiger partial charge in [-0.1, -0.05) is 17.8 Å². The summed E-state index contributed by atoms with van der Waals surface area (Å²) in [5, 5.41) is 5.16. The van der Waals surface area contributed by atoms with Crippen molar-refractivity contribution in [3.05, 3.63) is 39.1 Å². The van der Waals surface area contributed by atoms with E-state index in [1.165, 1.54) is 23.1 Å².